The smallest absolute Gasteiger partial charge is 0.321 e. The minimum atomic E-state index is -0.309. The predicted molar refractivity (Wildman–Crippen MR) is 94.1 cm³/mol. The monoisotopic (exact) mass is 338 g/mol. The molecular weight excluding hydrogens is 316 g/mol. The maximum atomic E-state index is 10.8. The van der Waals surface area contributed by atoms with Crippen LogP contribution in [0, 0.1) is 11.3 Å². The average Bonchev–Trinajstić information content (AvgIpc) is 2.55. The van der Waals surface area contributed by atoms with Gasteiger partial charge in [-0.15, -0.1) is 0 Å². The molecule has 0 unspecified atom stereocenters. The number of hydrogen-bond acceptors (Lipinski definition) is 5. The van der Waals surface area contributed by atoms with Crippen LogP contribution in [0.3, 0.4) is 0 Å². The van der Waals surface area contributed by atoms with Gasteiger partial charge in [-0.2, -0.15) is 5.26 Å². The third-order valence-electron chi connectivity index (χ3n) is 3.69. The standard InChI is InChI=1S/C19H22N4O2/c1-19(2,3)15-9-13(10-20)7-8-16(15)25-18-22-11-14(12-23-18)5-4-6-17(21)24/h7-9,11-12H,4-6H2,1-3H3,(H2,21,24). The highest BCUT2D eigenvalue weighted by molar-refractivity contribution is 5.73. The van der Waals surface area contributed by atoms with Crippen LogP contribution in [0.25, 0.3) is 0 Å². The number of nitrogens with zero attached hydrogens (tertiary/aromatic N) is 3. The number of aromatic nitrogens is 2. The first-order chi connectivity index (χ1) is 11.8. The second kappa shape index (κ2) is 7.75. The first-order valence-electron chi connectivity index (χ1n) is 8.11. The van der Waals surface area contributed by atoms with E-state index in [4.69, 9.17) is 15.7 Å². The molecule has 2 rings (SSSR count). The topological polar surface area (TPSA) is 102 Å². The molecule has 0 bridgehead atoms. The Kier molecular flexibility index (Phi) is 5.71. The lowest BCUT2D eigenvalue weighted by molar-refractivity contribution is -0.118. The highest BCUT2D eigenvalue weighted by Gasteiger charge is 2.20. The van der Waals surface area contributed by atoms with E-state index in [2.05, 4.69) is 36.8 Å². The first kappa shape index (κ1) is 18.4. The fourth-order valence-electron chi connectivity index (χ4n) is 2.36. The van der Waals surface area contributed by atoms with E-state index >= 15 is 0 Å². The second-order valence-electron chi connectivity index (χ2n) is 6.87. The minimum Gasteiger partial charge on any atom is -0.424 e. The van der Waals surface area contributed by atoms with Crippen molar-refractivity contribution in [1.82, 2.24) is 9.97 Å². The molecule has 1 heterocycles. The Morgan fingerprint density at radius 2 is 1.96 bits per heavy atom. The van der Waals surface area contributed by atoms with Crippen molar-refractivity contribution in [2.45, 2.75) is 45.4 Å². The number of nitriles is 1. The summed E-state index contributed by atoms with van der Waals surface area (Å²) in [6.45, 7) is 6.16. The number of rotatable bonds is 6. The zero-order valence-corrected chi connectivity index (χ0v) is 14.7. The summed E-state index contributed by atoms with van der Waals surface area (Å²) in [5.74, 6) is 0.323. The summed E-state index contributed by atoms with van der Waals surface area (Å²) in [6.07, 6.45) is 5.07. The zero-order chi connectivity index (χ0) is 18.4. The van der Waals surface area contributed by atoms with Crippen molar-refractivity contribution in [3.63, 3.8) is 0 Å². The van der Waals surface area contributed by atoms with Gasteiger partial charge in [0, 0.05) is 24.4 Å². The summed E-state index contributed by atoms with van der Waals surface area (Å²) < 4.78 is 5.83. The molecule has 1 amide bonds. The largest absolute Gasteiger partial charge is 0.424 e. The number of carbonyl (C=O) groups is 1. The summed E-state index contributed by atoms with van der Waals surface area (Å²) in [6, 6.07) is 7.70. The Labute approximate surface area is 147 Å². The van der Waals surface area contributed by atoms with E-state index in [9.17, 15) is 4.79 Å². The molecule has 0 aliphatic carbocycles. The van der Waals surface area contributed by atoms with Crippen LogP contribution in [-0.2, 0) is 16.6 Å². The van der Waals surface area contributed by atoms with Crippen LogP contribution < -0.4 is 10.5 Å². The van der Waals surface area contributed by atoms with Crippen molar-refractivity contribution >= 4 is 5.91 Å². The van der Waals surface area contributed by atoms with Crippen LogP contribution in [0.5, 0.6) is 11.8 Å². The number of aryl methyl sites for hydroxylation is 1. The molecule has 2 N–H and O–H groups in total. The molecule has 6 heteroatoms. The maximum absolute atomic E-state index is 10.8. The Morgan fingerprint density at radius 1 is 1.28 bits per heavy atom. The van der Waals surface area contributed by atoms with Crippen LogP contribution in [-0.4, -0.2) is 15.9 Å². The number of amides is 1. The van der Waals surface area contributed by atoms with Crippen molar-refractivity contribution in [3.05, 3.63) is 47.3 Å². The molecule has 0 saturated heterocycles. The molecule has 1 aromatic carbocycles. The third kappa shape index (κ3) is 5.28. The van der Waals surface area contributed by atoms with E-state index < -0.39 is 0 Å². The SMILES string of the molecule is CC(C)(C)c1cc(C#N)ccc1Oc1ncc(CCCC(N)=O)cn1. The first-order valence-corrected chi connectivity index (χ1v) is 8.11. The minimum absolute atomic E-state index is 0.184. The maximum Gasteiger partial charge on any atom is 0.321 e. The van der Waals surface area contributed by atoms with Crippen molar-refractivity contribution < 1.29 is 9.53 Å². The molecule has 25 heavy (non-hydrogen) atoms. The number of primary amides is 1. The van der Waals surface area contributed by atoms with Gasteiger partial charge < -0.3 is 10.5 Å². The fourth-order valence-corrected chi connectivity index (χ4v) is 2.36. The normalized spacial score (nSPS) is 11.0. The van der Waals surface area contributed by atoms with Crippen molar-refractivity contribution in [1.29, 1.82) is 5.26 Å². The number of benzene rings is 1. The van der Waals surface area contributed by atoms with E-state index in [1.165, 1.54) is 0 Å². The Morgan fingerprint density at radius 3 is 2.52 bits per heavy atom. The van der Waals surface area contributed by atoms with E-state index in [1.807, 2.05) is 6.07 Å². The highest BCUT2D eigenvalue weighted by atomic mass is 16.5. The summed E-state index contributed by atoms with van der Waals surface area (Å²) in [5, 5.41) is 9.10. The number of nitrogens with two attached hydrogens (primary N) is 1. The zero-order valence-electron chi connectivity index (χ0n) is 14.7. The van der Waals surface area contributed by atoms with Crippen molar-refractivity contribution in [2.75, 3.05) is 0 Å². The van der Waals surface area contributed by atoms with Crippen LogP contribution in [0.1, 0.15) is 50.3 Å². The van der Waals surface area contributed by atoms with Gasteiger partial charge in [0.1, 0.15) is 5.75 Å². The molecular formula is C19H22N4O2. The Balaban J connectivity index is 2.14. The number of hydrogen-bond donors (Lipinski definition) is 1. The van der Waals surface area contributed by atoms with Gasteiger partial charge in [-0.05, 0) is 42.0 Å². The molecule has 1 aromatic heterocycles. The lowest BCUT2D eigenvalue weighted by Gasteiger charge is -2.22. The average molecular weight is 338 g/mol. The van der Waals surface area contributed by atoms with Crippen LogP contribution >= 0.6 is 0 Å². The molecule has 0 spiro atoms. The quantitative estimate of drug-likeness (QED) is 0.871. The lowest BCUT2D eigenvalue weighted by Crippen LogP contribution is -2.13. The van der Waals surface area contributed by atoms with Gasteiger partial charge in [0.15, 0.2) is 0 Å². The van der Waals surface area contributed by atoms with Gasteiger partial charge in [-0.1, -0.05) is 20.8 Å². The van der Waals surface area contributed by atoms with Crippen molar-refractivity contribution in [2.24, 2.45) is 5.73 Å². The fraction of sp³-hybridized carbons (Fsp3) is 0.368. The second-order valence-corrected chi connectivity index (χ2v) is 6.87. The molecule has 0 radical (unpaired) electrons. The van der Waals surface area contributed by atoms with Crippen LogP contribution in [0.4, 0.5) is 0 Å². The van der Waals surface area contributed by atoms with Gasteiger partial charge >= 0.3 is 6.01 Å². The van der Waals surface area contributed by atoms with E-state index in [0.717, 1.165) is 11.1 Å². The molecule has 0 aliphatic heterocycles. The van der Waals surface area contributed by atoms with Crippen molar-refractivity contribution in [3.8, 4) is 17.8 Å². The molecule has 0 fully saturated rings. The summed E-state index contributed by atoms with van der Waals surface area (Å²) >= 11 is 0. The van der Waals surface area contributed by atoms with Gasteiger partial charge in [0.25, 0.3) is 0 Å². The van der Waals surface area contributed by atoms with E-state index in [1.54, 1.807) is 24.5 Å². The van der Waals surface area contributed by atoms with Gasteiger partial charge in [0.05, 0.1) is 11.6 Å². The summed E-state index contributed by atoms with van der Waals surface area (Å²) in [5.41, 5.74) is 7.37. The Bertz CT molecular complexity index is 787. The molecule has 0 aliphatic rings. The van der Waals surface area contributed by atoms with Crippen LogP contribution in [0.2, 0.25) is 0 Å². The number of ether oxygens (including phenoxy) is 1. The highest BCUT2D eigenvalue weighted by Crippen LogP contribution is 2.34. The molecule has 0 saturated carbocycles. The predicted octanol–water partition coefficient (Wildman–Crippen LogP) is 3.25. The van der Waals surface area contributed by atoms with E-state index in [0.29, 0.717) is 30.6 Å². The molecule has 6 nitrogen and oxygen atoms in total. The molecule has 2 aromatic rings. The summed E-state index contributed by atoms with van der Waals surface area (Å²) in [7, 11) is 0. The van der Waals surface area contributed by atoms with Crippen LogP contribution in [0.15, 0.2) is 30.6 Å². The van der Waals surface area contributed by atoms with E-state index in [-0.39, 0.29) is 17.3 Å². The lowest BCUT2D eigenvalue weighted by atomic mass is 9.85. The molecule has 130 valence electrons. The third-order valence-corrected chi connectivity index (χ3v) is 3.69. The summed E-state index contributed by atoms with van der Waals surface area (Å²) in [4.78, 5) is 19.2. The number of carbonyl (C=O) groups excluding carboxylic acids is 1. The Hall–Kier alpha value is -2.94. The molecule has 0 atom stereocenters. The van der Waals surface area contributed by atoms with Gasteiger partial charge in [-0.3, -0.25) is 4.79 Å². The van der Waals surface area contributed by atoms with Gasteiger partial charge in [-0.25, -0.2) is 9.97 Å². The van der Waals surface area contributed by atoms with Gasteiger partial charge in [0.2, 0.25) is 5.91 Å².